The molecular formula is C81H111Cl3N14O18. The first-order valence-corrected chi connectivity index (χ1v) is 37.2. The molecule has 0 saturated heterocycles. The largest absolute Gasteiger partial charge is 1.00 e. The number of halogens is 3. The van der Waals surface area contributed by atoms with E-state index in [2.05, 4.69) is 42.5 Å². The third-order valence-corrected chi connectivity index (χ3v) is 21.1. The standard InChI is InChI=1S/C45H59N7O8.C36H49N7O10.3ClH/c1-28-21-38(54)31(4)35(50(28)7)24-46-41(57)15-18-45(49-33(6)53,19-16-42(58)47-25-36-32(5)39(55)22-29(2)51(36)8)20-17-43(59)48-26-37-44(40(56)23-30(3)52(37)9)60-27-34-13-11-10-12-14-34;1-20-14-27(45)33(51)24(41(20)5)17-37-30(48)8-11-36(40-23(4)44,12-9-31(49)38-18-25-34(52)28(46)15-21(2)42(25)6)13-10-32(50)39-19-26-35(53)29(47)16-22(3)43(26)7;;;/h10-14,21-23H,15-20,24-27H2,1-9H3,(H,46,57)(H,47,58)(H,48,59)(H,49,53);14-16H,8-13,17-19H2,1-7H3,(H7,37,38,39,40,44,48,49,50,51,52,53);3*1H. The fourth-order valence-corrected chi connectivity index (χ4v) is 13.3. The van der Waals surface area contributed by atoms with Gasteiger partial charge in [-0.3, -0.25) is 52.7 Å². The van der Waals surface area contributed by atoms with Crippen LogP contribution in [0.5, 0.6) is 40.2 Å². The van der Waals surface area contributed by atoms with Crippen LogP contribution in [0.25, 0.3) is 0 Å². The first-order valence-electron chi connectivity index (χ1n) is 37.2. The van der Waals surface area contributed by atoms with Gasteiger partial charge >= 0.3 is 0 Å². The van der Waals surface area contributed by atoms with Gasteiger partial charge in [-0.1, -0.05) is 30.3 Å². The van der Waals surface area contributed by atoms with Crippen LogP contribution in [-0.4, -0.2) is 103 Å². The van der Waals surface area contributed by atoms with Gasteiger partial charge in [0.1, 0.15) is 47.4 Å². The predicted octanol–water partition coefficient (Wildman–Crippen LogP) is -5.84. The van der Waals surface area contributed by atoms with Gasteiger partial charge in [0, 0.05) is 163 Å². The van der Waals surface area contributed by atoms with Crippen molar-refractivity contribution in [3.05, 3.63) is 182 Å². The monoisotopic (exact) mass is 1670 g/mol. The van der Waals surface area contributed by atoms with Gasteiger partial charge in [-0.15, -0.1) is 0 Å². The first kappa shape index (κ1) is 98.9. The molecule has 7 rings (SSSR count). The highest BCUT2D eigenvalue weighted by atomic mass is 35.5. The zero-order valence-corrected chi connectivity index (χ0v) is 71.0. The Labute approximate surface area is 692 Å². The van der Waals surface area contributed by atoms with Crippen LogP contribution in [0.1, 0.15) is 176 Å². The van der Waals surface area contributed by atoms with Crippen molar-refractivity contribution in [2.45, 2.75) is 203 Å². The summed E-state index contributed by atoms with van der Waals surface area (Å²) in [4.78, 5) is 143. The van der Waals surface area contributed by atoms with Crippen molar-refractivity contribution >= 4 is 47.3 Å². The van der Waals surface area contributed by atoms with Crippen LogP contribution in [0.15, 0.2) is 81.1 Å². The van der Waals surface area contributed by atoms with E-state index in [-0.39, 0.29) is 251 Å². The smallest absolute Gasteiger partial charge is 0.246 e. The van der Waals surface area contributed by atoms with Gasteiger partial charge in [0.2, 0.25) is 87.0 Å². The number of nitrogens with one attached hydrogen (secondary N) is 8. The minimum atomic E-state index is -1.23. The molecule has 7 aromatic rings. The maximum absolute atomic E-state index is 13.6. The van der Waals surface area contributed by atoms with E-state index in [1.54, 1.807) is 100 Å². The van der Waals surface area contributed by atoms with E-state index in [9.17, 15) is 83.4 Å². The van der Waals surface area contributed by atoms with E-state index < -0.39 is 40.6 Å². The molecule has 0 aliphatic carbocycles. The topological polar surface area (TPSA) is 441 Å². The first-order chi connectivity index (χ1) is 53.1. The van der Waals surface area contributed by atoms with Crippen molar-refractivity contribution in [2.24, 2.45) is 42.3 Å². The second-order valence-electron chi connectivity index (χ2n) is 29.0. The molecule has 6 aromatic heterocycles. The molecule has 0 fully saturated rings. The number of nitrogens with zero attached hydrogens (tertiary/aromatic N) is 6. The Kier molecular flexibility index (Phi) is 38.0. The van der Waals surface area contributed by atoms with Gasteiger partial charge in [-0.2, -0.15) is 13.7 Å². The third kappa shape index (κ3) is 27.2. The van der Waals surface area contributed by atoms with E-state index in [0.717, 1.165) is 17.0 Å². The summed E-state index contributed by atoms with van der Waals surface area (Å²) in [6, 6.07) is 18.1. The van der Waals surface area contributed by atoms with Crippen molar-refractivity contribution in [1.29, 1.82) is 0 Å². The number of ether oxygens (including phenoxy) is 1. The van der Waals surface area contributed by atoms with Crippen molar-refractivity contribution < 1.29 is 125 Å². The van der Waals surface area contributed by atoms with E-state index in [4.69, 9.17) is 4.74 Å². The third-order valence-electron chi connectivity index (χ3n) is 21.1. The van der Waals surface area contributed by atoms with Crippen LogP contribution in [-0.2, 0) is 127 Å². The number of pyridine rings is 6. The van der Waals surface area contributed by atoms with Gasteiger partial charge < -0.3 is 129 Å². The number of aryl methyl sites for hydroxylation is 6. The molecule has 0 unspecified atom stereocenters. The molecule has 634 valence electrons. The van der Waals surface area contributed by atoms with E-state index in [1.165, 1.54) is 38.1 Å². The zero-order valence-electron chi connectivity index (χ0n) is 68.7. The number of hydrogen-bond donors (Lipinski definition) is 14. The normalized spacial score (nSPS) is 10.9. The van der Waals surface area contributed by atoms with E-state index in [1.807, 2.05) is 67.4 Å². The summed E-state index contributed by atoms with van der Waals surface area (Å²) in [6.45, 7) is 16.6. The Bertz CT molecular complexity index is 4560. The van der Waals surface area contributed by atoms with Crippen LogP contribution in [0, 0.1) is 55.4 Å². The summed E-state index contributed by atoms with van der Waals surface area (Å²) in [6.07, 6.45) is -0.323. The number of benzene rings is 1. The fourth-order valence-electron chi connectivity index (χ4n) is 13.3. The second-order valence-corrected chi connectivity index (χ2v) is 29.0. The highest BCUT2D eigenvalue weighted by Gasteiger charge is 2.36. The van der Waals surface area contributed by atoms with Crippen molar-refractivity contribution in [3.63, 3.8) is 0 Å². The quantitative estimate of drug-likeness (QED) is 0.0165. The number of aromatic nitrogens is 6. The van der Waals surface area contributed by atoms with Crippen LogP contribution < -0.4 is 114 Å². The summed E-state index contributed by atoms with van der Waals surface area (Å²) in [5.41, 5.74) is 5.64. The van der Waals surface area contributed by atoms with Crippen molar-refractivity contribution in [1.82, 2.24) is 56.2 Å². The Morgan fingerprint density at radius 1 is 0.388 bits per heavy atom. The molecular weight excluding hydrogens is 1560 g/mol. The Balaban J connectivity index is 0.000000589. The molecule has 1 aromatic carbocycles. The molecule has 0 radical (unpaired) electrons. The maximum atomic E-state index is 13.6. The number of amides is 8. The highest BCUT2D eigenvalue weighted by Crippen LogP contribution is 2.32. The molecule has 0 bridgehead atoms. The molecule has 0 saturated carbocycles. The van der Waals surface area contributed by atoms with Gasteiger partial charge in [0.15, 0.2) is 50.9 Å². The number of carbonyl (C=O) groups excluding carboxylic acids is 8. The van der Waals surface area contributed by atoms with Gasteiger partial charge in [-0.05, 0) is 78.7 Å². The average molecular weight is 1680 g/mol. The van der Waals surface area contributed by atoms with E-state index >= 15 is 0 Å². The molecule has 14 N–H and O–H groups in total. The highest BCUT2D eigenvalue weighted by molar-refractivity contribution is 5.81. The predicted molar refractivity (Wildman–Crippen MR) is 416 cm³/mol. The number of hydrogen-bond acceptors (Lipinski definition) is 18. The lowest BCUT2D eigenvalue weighted by Crippen LogP contribution is -3.00. The molecule has 32 nitrogen and oxygen atoms in total. The lowest BCUT2D eigenvalue weighted by Gasteiger charge is -2.35. The van der Waals surface area contributed by atoms with Crippen LogP contribution in [0.4, 0.5) is 0 Å². The molecule has 0 aliphatic rings. The van der Waals surface area contributed by atoms with Crippen molar-refractivity contribution in [2.75, 3.05) is 0 Å². The lowest BCUT2D eigenvalue weighted by atomic mass is 9.83. The molecule has 0 atom stereocenters. The summed E-state index contributed by atoms with van der Waals surface area (Å²) >= 11 is 0. The molecule has 0 spiro atoms. The summed E-state index contributed by atoms with van der Waals surface area (Å²) in [5.74, 6) is -5.33. The Hall–Kier alpha value is -11.3. The van der Waals surface area contributed by atoms with Crippen LogP contribution in [0.3, 0.4) is 0 Å². The van der Waals surface area contributed by atoms with Gasteiger partial charge in [-0.25, -0.2) is 0 Å². The Morgan fingerprint density at radius 3 is 0.931 bits per heavy atom. The molecule has 0 aliphatic heterocycles. The average Bonchev–Trinajstić information content (AvgIpc) is 0.755. The minimum absolute atomic E-state index is 0. The minimum Gasteiger partial charge on any atom is -1.00 e. The fraction of sp³-hybridized carbons (Fsp3) is 0.457. The maximum Gasteiger partial charge on any atom is 0.246 e. The van der Waals surface area contributed by atoms with Gasteiger partial charge in [0.05, 0.1) is 43.5 Å². The van der Waals surface area contributed by atoms with Crippen molar-refractivity contribution in [3.8, 4) is 40.2 Å². The summed E-state index contributed by atoms with van der Waals surface area (Å²) in [5, 5.41) is 83.9. The number of carbonyl (C=O) groups is 8. The Morgan fingerprint density at radius 2 is 0.647 bits per heavy atom. The van der Waals surface area contributed by atoms with Crippen LogP contribution in [0.2, 0.25) is 0 Å². The lowest BCUT2D eigenvalue weighted by molar-refractivity contribution is -0.686. The van der Waals surface area contributed by atoms with E-state index in [0.29, 0.717) is 51.0 Å². The molecule has 116 heavy (non-hydrogen) atoms. The summed E-state index contributed by atoms with van der Waals surface area (Å²) in [7, 11) is 10.4. The second kappa shape index (κ2) is 44.6. The molecule has 35 heteroatoms. The van der Waals surface area contributed by atoms with Gasteiger partial charge in [0.25, 0.3) is 0 Å². The SMILES string of the molecule is CC(=O)NC(CCC(=O)NCc1c(C)c(=O)cc(C)n1C)(CCC(=O)NCc1c(C)c(=O)cc(C)n1C)CCC(=O)NCc1c(OCc2ccccc2)c(=O)cc(C)n1C.CC(=O)NC(CCC(=O)NCc1c(O)c(O)cc(C)[n+]1C)(CCC(=O)NCc1c(O)c(O)cc(C)[n+]1C)CCC(=O)NCc1c(O)c(O)cc(C)[n+]1C.[Cl-].[Cl-].[Cl-]. The molecule has 8 amide bonds. The number of aromatic hydroxyl groups is 6. The molecule has 6 heterocycles. The zero-order chi connectivity index (χ0) is 84.1. The summed E-state index contributed by atoms with van der Waals surface area (Å²) < 4.78 is 16.3. The van der Waals surface area contributed by atoms with Crippen LogP contribution >= 0.6 is 0 Å². The number of rotatable bonds is 35.